The van der Waals surface area contributed by atoms with Crippen LogP contribution in [0, 0.1) is 17.7 Å². The maximum Gasteiger partial charge on any atom is 0.416 e. The third-order valence-corrected chi connectivity index (χ3v) is 11.1. The summed E-state index contributed by atoms with van der Waals surface area (Å²) in [6, 6.07) is 10.2. The number of alkyl halides is 5. The minimum absolute atomic E-state index is 0.0615. The summed E-state index contributed by atoms with van der Waals surface area (Å²) in [5.41, 5.74) is -0.681. The van der Waals surface area contributed by atoms with E-state index in [-0.39, 0.29) is 81.3 Å². The summed E-state index contributed by atoms with van der Waals surface area (Å²) in [6.45, 7) is 6.64. The van der Waals surface area contributed by atoms with Crippen molar-refractivity contribution in [3.63, 3.8) is 0 Å². The molecule has 1 aliphatic carbocycles. The number of hydrogen-bond donors (Lipinski definition) is 1. The molecule has 6 rings (SSSR count). The van der Waals surface area contributed by atoms with Crippen molar-refractivity contribution < 1.29 is 40.8 Å². The SMILES string of the molecule is C=CCN(C(=O)NCc1ccc(C(F)(F)F)cc1)C1CC2CCC(C1)N2O[C@]1(c2cccc(F)c2)CN(C(=O)C2CCC(F)(F)CC2)C[C@@H]1C. The summed E-state index contributed by atoms with van der Waals surface area (Å²) in [5.74, 6) is -4.07. The highest BCUT2D eigenvalue weighted by Gasteiger charge is 2.55. The lowest BCUT2D eigenvalue weighted by atomic mass is 9.84. The van der Waals surface area contributed by atoms with Crippen LogP contribution in [-0.4, -0.2) is 70.5 Å². The van der Waals surface area contributed by atoms with Gasteiger partial charge in [0, 0.05) is 62.4 Å². The number of halogens is 6. The molecule has 0 radical (unpaired) electrons. The van der Waals surface area contributed by atoms with Crippen molar-refractivity contribution in [3.05, 3.63) is 83.7 Å². The van der Waals surface area contributed by atoms with Crippen LogP contribution in [0.3, 0.4) is 0 Å². The molecule has 4 atom stereocenters. The van der Waals surface area contributed by atoms with Crippen molar-refractivity contribution in [1.29, 1.82) is 0 Å². The number of amides is 3. The fraction of sp³-hybridized carbons (Fsp3) is 0.568. The summed E-state index contributed by atoms with van der Waals surface area (Å²) >= 11 is 0. The number of nitrogens with zero attached hydrogens (tertiary/aromatic N) is 3. The van der Waals surface area contributed by atoms with Crippen LogP contribution in [0.5, 0.6) is 0 Å². The van der Waals surface area contributed by atoms with Gasteiger partial charge in [-0.3, -0.25) is 9.63 Å². The minimum atomic E-state index is -4.44. The maximum absolute atomic E-state index is 14.7. The van der Waals surface area contributed by atoms with Crippen molar-refractivity contribution in [2.45, 2.75) is 101 Å². The molecule has 2 aromatic carbocycles. The number of rotatable bonds is 9. The van der Waals surface area contributed by atoms with Gasteiger partial charge in [0.1, 0.15) is 11.4 Å². The molecular formula is C37H44F6N4O3. The van der Waals surface area contributed by atoms with Gasteiger partial charge in [0.2, 0.25) is 11.8 Å². The van der Waals surface area contributed by atoms with Gasteiger partial charge in [0.05, 0.1) is 12.1 Å². The van der Waals surface area contributed by atoms with E-state index in [4.69, 9.17) is 4.84 Å². The number of fused-ring (bicyclic) bond motifs is 2. The lowest BCUT2D eigenvalue weighted by Gasteiger charge is -2.46. The molecule has 3 saturated heterocycles. The Kier molecular flexibility index (Phi) is 10.3. The number of nitrogens with one attached hydrogen (secondary N) is 1. The number of likely N-dealkylation sites (tertiary alicyclic amines) is 1. The predicted molar refractivity (Wildman–Crippen MR) is 174 cm³/mol. The van der Waals surface area contributed by atoms with Crippen molar-refractivity contribution in [2.75, 3.05) is 19.6 Å². The number of piperidine rings is 1. The Morgan fingerprint density at radius 2 is 1.70 bits per heavy atom. The van der Waals surface area contributed by atoms with Crippen LogP contribution in [0.15, 0.2) is 61.2 Å². The van der Waals surface area contributed by atoms with E-state index in [1.54, 1.807) is 28.0 Å². The van der Waals surface area contributed by atoms with Gasteiger partial charge in [-0.15, -0.1) is 6.58 Å². The Morgan fingerprint density at radius 1 is 1.04 bits per heavy atom. The standard InChI is InChI=1S/C37H44F6N4O3/c1-3-17-46(34(49)44-21-25-7-9-27(10-8-25)37(41,42)43)32-19-30-11-12-31(20-32)47(30)50-36(28-5-4-6-29(38)18-28)23-45(22-24(36)2)33(48)26-13-15-35(39,40)16-14-26/h3-10,18,24,26,30-32H,1,11-17,19-23H2,2H3,(H,44,49)/t24-,30?,31?,32?,36+/m0/s1. The maximum atomic E-state index is 14.7. The first-order valence-corrected chi connectivity index (χ1v) is 17.4. The largest absolute Gasteiger partial charge is 0.416 e. The number of hydroxylamine groups is 2. The average Bonchev–Trinajstić information content (AvgIpc) is 3.52. The van der Waals surface area contributed by atoms with Crippen LogP contribution in [0.1, 0.15) is 75.0 Å². The molecule has 3 aliphatic heterocycles. The second-order valence-corrected chi connectivity index (χ2v) is 14.4. The molecule has 3 heterocycles. The highest BCUT2D eigenvalue weighted by atomic mass is 19.4. The highest BCUT2D eigenvalue weighted by molar-refractivity contribution is 5.79. The zero-order valence-corrected chi connectivity index (χ0v) is 28.1. The second-order valence-electron chi connectivity index (χ2n) is 14.4. The average molecular weight is 707 g/mol. The molecule has 0 spiro atoms. The molecule has 50 heavy (non-hydrogen) atoms. The van der Waals surface area contributed by atoms with Crippen LogP contribution in [0.4, 0.5) is 31.1 Å². The van der Waals surface area contributed by atoms with Gasteiger partial charge in [0.25, 0.3) is 0 Å². The van der Waals surface area contributed by atoms with Gasteiger partial charge in [-0.05, 0) is 73.9 Å². The Labute approximate surface area is 288 Å². The molecule has 2 unspecified atom stereocenters. The molecule has 7 nitrogen and oxygen atoms in total. The molecule has 1 N–H and O–H groups in total. The lowest BCUT2D eigenvalue weighted by Crippen LogP contribution is -2.56. The number of benzene rings is 2. The minimum Gasteiger partial charge on any atom is -0.339 e. The van der Waals surface area contributed by atoms with E-state index in [2.05, 4.69) is 11.9 Å². The van der Waals surface area contributed by atoms with Gasteiger partial charge in [-0.25, -0.2) is 18.0 Å². The summed E-state index contributed by atoms with van der Waals surface area (Å²) in [4.78, 5) is 37.5. The molecule has 1 saturated carbocycles. The summed E-state index contributed by atoms with van der Waals surface area (Å²) < 4.78 is 81.4. The molecule has 2 aromatic rings. The van der Waals surface area contributed by atoms with E-state index in [9.17, 15) is 35.9 Å². The van der Waals surface area contributed by atoms with Gasteiger partial charge in [-0.2, -0.15) is 18.2 Å². The fourth-order valence-electron chi connectivity index (χ4n) is 8.32. The van der Waals surface area contributed by atoms with E-state index in [0.29, 0.717) is 30.5 Å². The molecule has 13 heteroatoms. The summed E-state index contributed by atoms with van der Waals surface area (Å²) in [5, 5.41) is 4.83. The second kappa shape index (κ2) is 14.2. The first-order valence-electron chi connectivity index (χ1n) is 17.4. The zero-order chi connectivity index (χ0) is 35.8. The quantitative estimate of drug-likeness (QED) is 0.215. The molecule has 0 aromatic heterocycles. The van der Waals surface area contributed by atoms with Crippen molar-refractivity contribution in [2.24, 2.45) is 11.8 Å². The molecule has 3 amide bonds. The molecule has 2 bridgehead atoms. The van der Waals surface area contributed by atoms with Crippen molar-refractivity contribution in [3.8, 4) is 0 Å². The summed E-state index contributed by atoms with van der Waals surface area (Å²) in [7, 11) is 0. The van der Waals surface area contributed by atoms with Gasteiger partial charge < -0.3 is 15.1 Å². The van der Waals surface area contributed by atoms with Crippen molar-refractivity contribution >= 4 is 11.9 Å². The first-order chi connectivity index (χ1) is 23.7. The van der Waals surface area contributed by atoms with Crippen LogP contribution in [0.2, 0.25) is 0 Å². The predicted octanol–water partition coefficient (Wildman–Crippen LogP) is 7.67. The number of carbonyl (C=O) groups is 2. The van der Waals surface area contributed by atoms with Crippen molar-refractivity contribution in [1.82, 2.24) is 20.2 Å². The van der Waals surface area contributed by atoms with E-state index in [1.165, 1.54) is 24.3 Å². The van der Waals surface area contributed by atoms with Crippen LogP contribution in [0.25, 0.3) is 0 Å². The monoisotopic (exact) mass is 706 g/mol. The molecular weight excluding hydrogens is 662 g/mol. The molecule has 4 fully saturated rings. The van der Waals surface area contributed by atoms with Gasteiger partial charge in [-0.1, -0.05) is 37.3 Å². The smallest absolute Gasteiger partial charge is 0.339 e. The Hall–Kier alpha value is -3.58. The van der Waals surface area contributed by atoms with E-state index in [1.807, 2.05) is 12.0 Å². The molecule has 272 valence electrons. The lowest BCUT2D eigenvalue weighted by molar-refractivity contribution is -0.294. The Morgan fingerprint density at radius 3 is 2.30 bits per heavy atom. The topological polar surface area (TPSA) is 65.1 Å². The van der Waals surface area contributed by atoms with E-state index in [0.717, 1.165) is 25.0 Å². The number of hydrogen-bond acceptors (Lipinski definition) is 4. The Balaban J connectivity index is 1.16. The highest BCUT2D eigenvalue weighted by Crippen LogP contribution is 2.47. The van der Waals surface area contributed by atoms with E-state index >= 15 is 0 Å². The number of carbonyl (C=O) groups excluding carboxylic acids is 2. The molecule has 4 aliphatic rings. The summed E-state index contributed by atoms with van der Waals surface area (Å²) in [6.07, 6.45) is -0.384. The van der Waals surface area contributed by atoms with Crippen LogP contribution in [-0.2, 0) is 28.0 Å². The van der Waals surface area contributed by atoms with Gasteiger partial charge in [0.15, 0.2) is 0 Å². The fourth-order valence-corrected chi connectivity index (χ4v) is 8.32. The third-order valence-electron chi connectivity index (χ3n) is 11.1. The van der Waals surface area contributed by atoms with Crippen LogP contribution < -0.4 is 5.32 Å². The zero-order valence-electron chi connectivity index (χ0n) is 28.1. The Bertz CT molecular complexity index is 1530. The normalized spacial score (nSPS) is 28.4. The number of urea groups is 1. The van der Waals surface area contributed by atoms with Crippen LogP contribution >= 0.6 is 0 Å². The van der Waals surface area contributed by atoms with E-state index < -0.39 is 35.0 Å². The van der Waals surface area contributed by atoms with Gasteiger partial charge >= 0.3 is 12.2 Å². The first kappa shape index (κ1) is 36.2. The third kappa shape index (κ3) is 7.54.